The summed E-state index contributed by atoms with van der Waals surface area (Å²) >= 11 is 5.15. The molecule has 0 spiro atoms. The second-order valence-corrected chi connectivity index (χ2v) is 6.18. The summed E-state index contributed by atoms with van der Waals surface area (Å²) in [6, 6.07) is 2.46. The molecule has 1 aromatic rings. The van der Waals surface area contributed by atoms with Crippen molar-refractivity contribution in [1.82, 2.24) is 4.90 Å². The number of hydrogen-bond acceptors (Lipinski definition) is 3. The van der Waals surface area contributed by atoms with E-state index in [2.05, 4.69) is 34.8 Å². The summed E-state index contributed by atoms with van der Waals surface area (Å²) in [5.74, 6) is 0. The molecule has 1 N–H and O–H groups in total. The van der Waals surface area contributed by atoms with Crippen molar-refractivity contribution in [3.63, 3.8) is 0 Å². The van der Waals surface area contributed by atoms with Crippen LogP contribution in [-0.2, 0) is 5.60 Å². The van der Waals surface area contributed by atoms with Gasteiger partial charge in [-0.3, -0.25) is 0 Å². The smallest absolute Gasteiger partial charge is 0.103 e. The minimum atomic E-state index is -0.626. The lowest BCUT2D eigenvalue weighted by Gasteiger charge is -2.40. The van der Waals surface area contributed by atoms with Crippen molar-refractivity contribution < 1.29 is 5.11 Å². The molecule has 0 saturated carbocycles. The van der Waals surface area contributed by atoms with Gasteiger partial charge in [-0.15, -0.1) is 11.3 Å². The SMILES string of the molecule is CC1CC(O)(c2sccc2Br)CCN1C. The maximum absolute atomic E-state index is 10.7. The molecule has 0 amide bonds. The summed E-state index contributed by atoms with van der Waals surface area (Å²) < 4.78 is 1.05. The van der Waals surface area contributed by atoms with Gasteiger partial charge in [0, 0.05) is 17.1 Å². The molecular formula is C11H16BrNOS. The van der Waals surface area contributed by atoms with Gasteiger partial charge in [0.1, 0.15) is 5.60 Å². The number of likely N-dealkylation sites (tertiary alicyclic amines) is 1. The van der Waals surface area contributed by atoms with Crippen molar-refractivity contribution >= 4 is 27.3 Å². The van der Waals surface area contributed by atoms with Gasteiger partial charge >= 0.3 is 0 Å². The Hall–Kier alpha value is 0.1000. The number of aliphatic hydroxyl groups is 1. The zero-order valence-electron chi connectivity index (χ0n) is 9.03. The van der Waals surface area contributed by atoms with Gasteiger partial charge < -0.3 is 10.0 Å². The van der Waals surface area contributed by atoms with Crippen LogP contribution in [0.3, 0.4) is 0 Å². The van der Waals surface area contributed by atoms with E-state index >= 15 is 0 Å². The van der Waals surface area contributed by atoms with Crippen molar-refractivity contribution in [2.75, 3.05) is 13.6 Å². The van der Waals surface area contributed by atoms with Crippen LogP contribution < -0.4 is 0 Å². The minimum Gasteiger partial charge on any atom is -0.384 e. The normalized spacial score (nSPS) is 33.2. The topological polar surface area (TPSA) is 23.5 Å². The molecule has 1 saturated heterocycles. The first-order chi connectivity index (χ1) is 7.03. The highest BCUT2D eigenvalue weighted by Gasteiger charge is 2.38. The zero-order valence-corrected chi connectivity index (χ0v) is 11.4. The fourth-order valence-corrected chi connectivity index (χ4v) is 4.04. The Morgan fingerprint density at radius 2 is 2.40 bits per heavy atom. The predicted octanol–water partition coefficient (Wildman–Crippen LogP) is 2.81. The summed E-state index contributed by atoms with van der Waals surface area (Å²) in [4.78, 5) is 3.39. The van der Waals surface area contributed by atoms with E-state index < -0.39 is 5.60 Å². The van der Waals surface area contributed by atoms with Gasteiger partial charge in [-0.25, -0.2) is 0 Å². The Balaban J connectivity index is 2.25. The molecule has 1 fully saturated rings. The largest absolute Gasteiger partial charge is 0.384 e. The molecule has 4 heteroatoms. The van der Waals surface area contributed by atoms with Crippen LogP contribution in [0.5, 0.6) is 0 Å². The maximum atomic E-state index is 10.7. The lowest BCUT2D eigenvalue weighted by Crippen LogP contribution is -2.45. The van der Waals surface area contributed by atoms with Gasteiger partial charge in [-0.1, -0.05) is 0 Å². The molecule has 2 unspecified atom stereocenters. The molecule has 0 radical (unpaired) electrons. The molecule has 0 aromatic carbocycles. The van der Waals surface area contributed by atoms with Crippen molar-refractivity contribution in [3.8, 4) is 0 Å². The van der Waals surface area contributed by atoms with Gasteiger partial charge in [0.15, 0.2) is 0 Å². The predicted molar refractivity (Wildman–Crippen MR) is 67.2 cm³/mol. The van der Waals surface area contributed by atoms with Crippen LogP contribution in [0.1, 0.15) is 24.6 Å². The molecular weight excluding hydrogens is 274 g/mol. The van der Waals surface area contributed by atoms with Crippen LogP contribution in [0.25, 0.3) is 0 Å². The lowest BCUT2D eigenvalue weighted by molar-refractivity contribution is -0.0385. The van der Waals surface area contributed by atoms with Crippen LogP contribution in [0.4, 0.5) is 0 Å². The van der Waals surface area contributed by atoms with E-state index in [0.717, 1.165) is 28.7 Å². The molecule has 84 valence electrons. The van der Waals surface area contributed by atoms with Gasteiger partial charge in [-0.05, 0) is 54.2 Å². The van der Waals surface area contributed by atoms with Crippen LogP contribution in [0.15, 0.2) is 15.9 Å². The number of piperidine rings is 1. The Morgan fingerprint density at radius 3 is 2.93 bits per heavy atom. The summed E-state index contributed by atoms with van der Waals surface area (Å²) in [6.45, 7) is 3.13. The molecule has 1 aliphatic heterocycles. The minimum absolute atomic E-state index is 0.442. The summed E-state index contributed by atoms with van der Waals surface area (Å²) in [5, 5.41) is 12.7. The molecule has 2 nitrogen and oxygen atoms in total. The van der Waals surface area contributed by atoms with Gasteiger partial charge in [0.05, 0.1) is 4.88 Å². The van der Waals surface area contributed by atoms with Crippen LogP contribution in [-0.4, -0.2) is 29.6 Å². The van der Waals surface area contributed by atoms with Crippen molar-refractivity contribution in [1.29, 1.82) is 0 Å². The Morgan fingerprint density at radius 1 is 1.67 bits per heavy atom. The highest BCUT2D eigenvalue weighted by molar-refractivity contribution is 9.10. The second kappa shape index (κ2) is 4.17. The molecule has 0 aliphatic carbocycles. The quantitative estimate of drug-likeness (QED) is 0.859. The molecule has 1 aliphatic rings. The van der Waals surface area contributed by atoms with E-state index in [-0.39, 0.29) is 0 Å². The third-order valence-electron chi connectivity index (χ3n) is 3.30. The van der Waals surface area contributed by atoms with Gasteiger partial charge in [-0.2, -0.15) is 0 Å². The molecule has 2 heterocycles. The van der Waals surface area contributed by atoms with Crippen LogP contribution in [0.2, 0.25) is 0 Å². The van der Waals surface area contributed by atoms with Gasteiger partial charge in [0.25, 0.3) is 0 Å². The average Bonchev–Trinajstić information content (AvgIpc) is 2.59. The second-order valence-electron chi connectivity index (χ2n) is 4.41. The number of rotatable bonds is 1. The fraction of sp³-hybridized carbons (Fsp3) is 0.636. The highest BCUT2D eigenvalue weighted by Crippen LogP contribution is 2.41. The number of nitrogens with zero attached hydrogens (tertiary/aromatic N) is 1. The van der Waals surface area contributed by atoms with E-state index in [0.29, 0.717) is 6.04 Å². The van der Waals surface area contributed by atoms with Crippen LogP contribution >= 0.6 is 27.3 Å². The number of halogens is 1. The lowest BCUT2D eigenvalue weighted by atomic mass is 9.86. The summed E-state index contributed by atoms with van der Waals surface area (Å²) in [5.41, 5.74) is -0.626. The molecule has 2 rings (SSSR count). The first kappa shape index (κ1) is 11.6. The van der Waals surface area contributed by atoms with E-state index in [1.54, 1.807) is 11.3 Å². The Kier molecular flexibility index (Phi) is 3.22. The van der Waals surface area contributed by atoms with E-state index in [1.165, 1.54) is 0 Å². The monoisotopic (exact) mass is 289 g/mol. The first-order valence-electron chi connectivity index (χ1n) is 5.19. The van der Waals surface area contributed by atoms with Crippen molar-refractivity contribution in [2.45, 2.75) is 31.4 Å². The number of thiophene rings is 1. The number of hydrogen-bond donors (Lipinski definition) is 1. The van der Waals surface area contributed by atoms with E-state index in [4.69, 9.17) is 0 Å². The highest BCUT2D eigenvalue weighted by atomic mass is 79.9. The molecule has 15 heavy (non-hydrogen) atoms. The average molecular weight is 290 g/mol. The standard InChI is InChI=1S/C11H16BrNOS/c1-8-7-11(14,4-5-13(8)2)10-9(12)3-6-15-10/h3,6,8,14H,4-5,7H2,1-2H3. The maximum Gasteiger partial charge on any atom is 0.103 e. The summed E-state index contributed by atoms with van der Waals surface area (Å²) in [7, 11) is 2.12. The fourth-order valence-electron chi connectivity index (χ4n) is 2.16. The molecule has 0 bridgehead atoms. The van der Waals surface area contributed by atoms with E-state index in [1.807, 2.05) is 11.4 Å². The van der Waals surface area contributed by atoms with E-state index in [9.17, 15) is 5.11 Å². The zero-order chi connectivity index (χ0) is 11.1. The van der Waals surface area contributed by atoms with Crippen LogP contribution in [0, 0.1) is 0 Å². The Labute approximate surface area is 103 Å². The van der Waals surface area contributed by atoms with Crippen molar-refractivity contribution in [2.24, 2.45) is 0 Å². The molecule has 2 atom stereocenters. The molecule has 1 aromatic heterocycles. The van der Waals surface area contributed by atoms with Gasteiger partial charge in [0.2, 0.25) is 0 Å². The third kappa shape index (κ3) is 2.13. The van der Waals surface area contributed by atoms with Crippen molar-refractivity contribution in [3.05, 3.63) is 20.8 Å². The Bertz CT molecular complexity index is 354. The first-order valence-corrected chi connectivity index (χ1v) is 6.86. The summed E-state index contributed by atoms with van der Waals surface area (Å²) in [6.07, 6.45) is 1.65. The third-order valence-corrected chi connectivity index (χ3v) is 5.33.